The Labute approximate surface area is 131 Å². The Hall–Kier alpha value is -2.06. The van der Waals surface area contributed by atoms with Gasteiger partial charge in [0.25, 0.3) is 5.56 Å². The summed E-state index contributed by atoms with van der Waals surface area (Å²) in [7, 11) is 0. The van der Waals surface area contributed by atoms with Crippen LogP contribution >= 0.6 is 15.9 Å². The molecule has 1 N–H and O–H groups in total. The third kappa shape index (κ3) is 2.59. The molecule has 0 spiro atoms. The normalized spacial score (nSPS) is 15.7. The van der Waals surface area contributed by atoms with Crippen LogP contribution in [0.15, 0.2) is 39.7 Å². The second-order valence-corrected chi connectivity index (χ2v) is 5.81. The number of halogens is 1. The van der Waals surface area contributed by atoms with Crippen molar-refractivity contribution >= 4 is 21.6 Å². The monoisotopic (exact) mass is 343 g/mol. The molecule has 3 rings (SSSR count). The van der Waals surface area contributed by atoms with E-state index in [0.29, 0.717) is 16.1 Å². The lowest BCUT2D eigenvalue weighted by molar-refractivity contribution is 0.631. The number of nitrogens with zero attached hydrogens (tertiary/aromatic N) is 2. The van der Waals surface area contributed by atoms with E-state index in [4.69, 9.17) is 6.42 Å². The van der Waals surface area contributed by atoms with Crippen LogP contribution in [0.3, 0.4) is 0 Å². The van der Waals surface area contributed by atoms with Crippen LogP contribution in [-0.4, -0.2) is 16.3 Å². The molecule has 4 nitrogen and oxygen atoms in total. The van der Waals surface area contributed by atoms with Gasteiger partial charge in [-0.2, -0.15) is 5.10 Å². The summed E-state index contributed by atoms with van der Waals surface area (Å²) in [6, 6.07) is 8.44. The van der Waals surface area contributed by atoms with Crippen molar-refractivity contribution in [2.75, 3.05) is 11.9 Å². The van der Waals surface area contributed by atoms with Gasteiger partial charge in [-0.3, -0.25) is 4.79 Å². The molecule has 106 valence electrons. The Bertz CT molecular complexity index is 776. The van der Waals surface area contributed by atoms with Gasteiger partial charge in [0.2, 0.25) is 0 Å². The molecule has 1 unspecified atom stereocenters. The first-order valence-corrected chi connectivity index (χ1v) is 7.50. The number of rotatable bonds is 4. The largest absolute Gasteiger partial charge is 0.382 e. The number of aromatic nitrogens is 2. The average Bonchev–Trinajstić information content (AvgIpc) is 2.47. The summed E-state index contributed by atoms with van der Waals surface area (Å²) in [6.07, 6.45) is 7.91. The molecule has 0 bridgehead atoms. The summed E-state index contributed by atoms with van der Waals surface area (Å²) in [4.78, 5) is 12.0. The maximum atomic E-state index is 12.0. The van der Waals surface area contributed by atoms with Gasteiger partial charge in [-0.15, -0.1) is 6.42 Å². The minimum atomic E-state index is -0.216. The van der Waals surface area contributed by atoms with E-state index in [9.17, 15) is 4.79 Å². The first-order valence-electron chi connectivity index (χ1n) is 6.71. The highest BCUT2D eigenvalue weighted by Crippen LogP contribution is 2.35. The van der Waals surface area contributed by atoms with Crippen molar-refractivity contribution in [3.05, 3.63) is 56.4 Å². The summed E-state index contributed by atoms with van der Waals surface area (Å²) in [6.45, 7) is 0.962. The molecule has 5 heteroatoms. The summed E-state index contributed by atoms with van der Waals surface area (Å²) in [5.41, 5.74) is 3.28. The van der Waals surface area contributed by atoms with E-state index in [-0.39, 0.29) is 12.1 Å². The van der Waals surface area contributed by atoms with Crippen LogP contribution < -0.4 is 10.9 Å². The van der Waals surface area contributed by atoms with Crippen LogP contribution in [-0.2, 0) is 13.0 Å². The number of hydrogen-bond acceptors (Lipinski definition) is 3. The fourth-order valence-corrected chi connectivity index (χ4v) is 3.01. The van der Waals surface area contributed by atoms with Gasteiger partial charge in [0.15, 0.2) is 0 Å². The molecule has 2 aromatic rings. The maximum absolute atomic E-state index is 12.0. The fourth-order valence-electron chi connectivity index (χ4n) is 2.57. The van der Waals surface area contributed by atoms with Crippen LogP contribution in [0.25, 0.3) is 0 Å². The Balaban J connectivity index is 1.71. The van der Waals surface area contributed by atoms with Crippen molar-refractivity contribution in [1.82, 2.24) is 9.78 Å². The van der Waals surface area contributed by atoms with E-state index in [1.807, 2.05) is 0 Å². The molecule has 0 radical (unpaired) electrons. The smallest absolute Gasteiger partial charge is 0.284 e. The van der Waals surface area contributed by atoms with E-state index in [1.165, 1.54) is 15.8 Å². The minimum Gasteiger partial charge on any atom is -0.382 e. The second kappa shape index (κ2) is 5.74. The molecule has 0 saturated heterocycles. The van der Waals surface area contributed by atoms with Crippen LogP contribution in [0.1, 0.15) is 17.0 Å². The van der Waals surface area contributed by atoms with Gasteiger partial charge in [-0.25, -0.2) is 4.68 Å². The summed E-state index contributed by atoms with van der Waals surface area (Å²) < 4.78 is 1.73. The Morgan fingerprint density at radius 3 is 3.05 bits per heavy atom. The van der Waals surface area contributed by atoms with Crippen molar-refractivity contribution in [2.45, 2.75) is 18.9 Å². The van der Waals surface area contributed by atoms with Gasteiger partial charge in [-0.1, -0.05) is 30.2 Å². The number of terminal acetylenes is 1. The van der Waals surface area contributed by atoms with Gasteiger partial charge < -0.3 is 5.32 Å². The average molecular weight is 344 g/mol. The van der Waals surface area contributed by atoms with Gasteiger partial charge in [0, 0.05) is 12.5 Å². The van der Waals surface area contributed by atoms with Crippen LogP contribution in [0, 0.1) is 12.3 Å². The fraction of sp³-hybridized carbons (Fsp3) is 0.250. The van der Waals surface area contributed by atoms with Crippen LogP contribution in [0.5, 0.6) is 0 Å². The van der Waals surface area contributed by atoms with Crippen molar-refractivity contribution < 1.29 is 0 Å². The van der Waals surface area contributed by atoms with Crippen molar-refractivity contribution in [2.24, 2.45) is 0 Å². The lowest BCUT2D eigenvalue weighted by Gasteiger charge is -2.30. The highest BCUT2D eigenvalue weighted by atomic mass is 79.9. The van der Waals surface area contributed by atoms with E-state index < -0.39 is 0 Å². The zero-order valence-electron chi connectivity index (χ0n) is 11.3. The standard InChI is InChI=1S/C16H14BrN3O/c1-2-7-20-16(21)15(17)14(10-19-20)18-9-12-8-11-5-3-4-6-13(11)12/h1,3-6,10,12,18H,7-9H2. The molecular formula is C16H14BrN3O. The maximum Gasteiger partial charge on any atom is 0.284 e. The SMILES string of the molecule is C#CCn1ncc(NCC2Cc3ccccc32)c(Br)c1=O. The summed E-state index contributed by atoms with van der Waals surface area (Å²) in [5.74, 6) is 2.90. The second-order valence-electron chi connectivity index (χ2n) is 5.02. The number of anilines is 1. The Morgan fingerprint density at radius 1 is 1.48 bits per heavy atom. The summed E-state index contributed by atoms with van der Waals surface area (Å²) >= 11 is 3.32. The molecular weight excluding hydrogens is 330 g/mol. The van der Waals surface area contributed by atoms with E-state index in [0.717, 1.165) is 13.0 Å². The first kappa shape index (κ1) is 13.9. The van der Waals surface area contributed by atoms with E-state index in [1.54, 1.807) is 6.20 Å². The molecule has 1 aromatic carbocycles. The third-order valence-corrected chi connectivity index (χ3v) is 4.49. The third-order valence-electron chi connectivity index (χ3n) is 3.73. The number of fused-ring (bicyclic) bond motifs is 1. The molecule has 1 atom stereocenters. The lowest BCUT2D eigenvalue weighted by atomic mass is 9.77. The van der Waals surface area contributed by atoms with E-state index >= 15 is 0 Å². The van der Waals surface area contributed by atoms with Crippen molar-refractivity contribution in [3.63, 3.8) is 0 Å². The first-order chi connectivity index (χ1) is 10.2. The minimum absolute atomic E-state index is 0.174. The van der Waals surface area contributed by atoms with Gasteiger partial charge in [-0.05, 0) is 33.5 Å². The zero-order chi connectivity index (χ0) is 14.8. The molecule has 1 aliphatic carbocycles. The lowest BCUT2D eigenvalue weighted by Crippen LogP contribution is -2.27. The molecule has 0 amide bonds. The van der Waals surface area contributed by atoms with Crippen molar-refractivity contribution in [3.8, 4) is 12.3 Å². The van der Waals surface area contributed by atoms with Crippen LogP contribution in [0.2, 0.25) is 0 Å². The van der Waals surface area contributed by atoms with Gasteiger partial charge >= 0.3 is 0 Å². The Kier molecular flexibility index (Phi) is 3.80. The quantitative estimate of drug-likeness (QED) is 0.867. The molecule has 1 aromatic heterocycles. The Morgan fingerprint density at radius 2 is 2.29 bits per heavy atom. The topological polar surface area (TPSA) is 46.9 Å². The van der Waals surface area contributed by atoms with E-state index in [2.05, 4.69) is 56.5 Å². The molecule has 0 saturated carbocycles. The van der Waals surface area contributed by atoms with Crippen LogP contribution in [0.4, 0.5) is 5.69 Å². The number of benzene rings is 1. The molecule has 0 aliphatic heterocycles. The highest BCUT2D eigenvalue weighted by Gasteiger charge is 2.25. The zero-order valence-corrected chi connectivity index (χ0v) is 12.9. The molecule has 1 aliphatic rings. The van der Waals surface area contributed by atoms with Gasteiger partial charge in [0.1, 0.15) is 11.0 Å². The predicted molar refractivity (Wildman–Crippen MR) is 86.4 cm³/mol. The summed E-state index contributed by atoms with van der Waals surface area (Å²) in [5, 5.41) is 7.36. The molecule has 1 heterocycles. The molecule has 0 fully saturated rings. The van der Waals surface area contributed by atoms with Crippen molar-refractivity contribution in [1.29, 1.82) is 0 Å². The van der Waals surface area contributed by atoms with Gasteiger partial charge in [0.05, 0.1) is 11.9 Å². The predicted octanol–water partition coefficient (Wildman–Crippen LogP) is 2.39. The number of nitrogens with one attached hydrogen (secondary N) is 1. The number of hydrogen-bond donors (Lipinski definition) is 1. The highest BCUT2D eigenvalue weighted by molar-refractivity contribution is 9.10. The molecule has 21 heavy (non-hydrogen) atoms.